The third kappa shape index (κ3) is 65.2. The Balaban J connectivity index is 5.30. The summed E-state index contributed by atoms with van der Waals surface area (Å²) >= 11 is 0. The lowest BCUT2D eigenvalue weighted by molar-refractivity contribution is -0.161. The molecule has 0 bridgehead atoms. The zero-order valence-corrected chi connectivity index (χ0v) is 59.8. The normalized spacial score (nSPS) is 14.5. The molecule has 5 unspecified atom stereocenters. The molecular weight excluding hydrogens is 1210 g/mol. The Labute approximate surface area is 558 Å². The van der Waals surface area contributed by atoms with Crippen LogP contribution >= 0.6 is 15.6 Å². The van der Waals surface area contributed by atoms with Gasteiger partial charge in [-0.25, -0.2) is 9.13 Å². The van der Waals surface area contributed by atoms with E-state index in [9.17, 15) is 43.2 Å². The maximum Gasteiger partial charge on any atom is 0.472 e. The van der Waals surface area contributed by atoms with Gasteiger partial charge >= 0.3 is 39.5 Å². The Morgan fingerprint density at radius 2 is 0.576 bits per heavy atom. The van der Waals surface area contributed by atoms with E-state index in [0.717, 1.165) is 154 Å². The molecule has 92 heavy (non-hydrogen) atoms. The highest BCUT2D eigenvalue weighted by Crippen LogP contribution is 2.45. The number of unbranched alkanes of at least 4 members (excludes halogenated alkanes) is 30. The van der Waals surface area contributed by atoms with E-state index in [0.29, 0.717) is 25.7 Å². The van der Waals surface area contributed by atoms with Crippen molar-refractivity contribution in [2.75, 3.05) is 39.6 Å². The summed E-state index contributed by atoms with van der Waals surface area (Å²) in [6.07, 6.45) is 63.4. The van der Waals surface area contributed by atoms with Crippen LogP contribution in [0.1, 0.15) is 310 Å². The molecule has 0 heterocycles. The molecule has 0 aliphatic carbocycles. The van der Waals surface area contributed by atoms with Crippen molar-refractivity contribution in [1.29, 1.82) is 0 Å². The summed E-state index contributed by atoms with van der Waals surface area (Å²) in [5.74, 6) is -2.20. The summed E-state index contributed by atoms with van der Waals surface area (Å²) in [5.41, 5.74) is 0. The standard InChI is InChI=1S/C73H130O17P2/c1-5-9-13-17-21-25-29-31-32-33-34-36-40-42-46-50-54-58-71(76)84-64-69(90-73(78)60-56-52-48-44-38-28-24-20-16-12-8-4)66-88-92(81,82)86-62-67(74)61-85-91(79,80)87-65-68(89-72(77)59-55-51-47-43-37-27-23-19-15-11-7-3)63-83-70(75)57-53-49-45-41-39-35-30-26-22-18-14-10-6-2/h9,13,20-21,24-26,30-32,34,36,67-69,74H,5-8,10-12,14-19,22-23,27-29,33,35,37-66H2,1-4H3,(H,79,80)(H,81,82)/b13-9-,24-20-,25-21-,30-26-,32-31-,36-34-. The minimum Gasteiger partial charge on any atom is -0.462 e. The molecule has 19 heteroatoms. The number of phosphoric ester groups is 2. The maximum atomic E-state index is 13.0. The summed E-state index contributed by atoms with van der Waals surface area (Å²) in [7, 11) is -9.93. The first-order valence-electron chi connectivity index (χ1n) is 36.2. The van der Waals surface area contributed by atoms with Crippen molar-refractivity contribution in [2.45, 2.75) is 329 Å². The van der Waals surface area contributed by atoms with E-state index in [2.05, 4.69) is 101 Å². The number of hydrogen-bond acceptors (Lipinski definition) is 15. The van der Waals surface area contributed by atoms with Crippen LogP contribution in [0.3, 0.4) is 0 Å². The Kier molecular flexibility index (Phi) is 63.6. The van der Waals surface area contributed by atoms with Crippen LogP contribution in [0, 0.1) is 0 Å². The molecule has 0 rings (SSSR count). The minimum absolute atomic E-state index is 0.0805. The van der Waals surface area contributed by atoms with Gasteiger partial charge in [0.05, 0.1) is 26.4 Å². The number of phosphoric acid groups is 2. The number of ether oxygens (including phenoxy) is 4. The van der Waals surface area contributed by atoms with Gasteiger partial charge in [-0.05, 0) is 109 Å². The first-order valence-corrected chi connectivity index (χ1v) is 39.2. The molecule has 5 atom stereocenters. The van der Waals surface area contributed by atoms with Crippen molar-refractivity contribution in [3.05, 3.63) is 72.9 Å². The number of carbonyl (C=O) groups is 4. The largest absolute Gasteiger partial charge is 0.472 e. The minimum atomic E-state index is -4.97. The van der Waals surface area contributed by atoms with Crippen molar-refractivity contribution >= 4 is 39.5 Å². The molecule has 0 radical (unpaired) electrons. The monoisotopic (exact) mass is 1340 g/mol. The van der Waals surface area contributed by atoms with Crippen LogP contribution in [0.15, 0.2) is 72.9 Å². The van der Waals surface area contributed by atoms with Crippen molar-refractivity contribution in [2.24, 2.45) is 0 Å². The molecule has 534 valence electrons. The third-order valence-electron chi connectivity index (χ3n) is 15.2. The van der Waals surface area contributed by atoms with E-state index in [4.69, 9.17) is 37.0 Å². The second-order valence-corrected chi connectivity index (χ2v) is 27.1. The Bertz CT molecular complexity index is 2040. The Hall–Kier alpha value is -3.50. The zero-order chi connectivity index (χ0) is 67.5. The quantitative estimate of drug-likeness (QED) is 0.0169. The maximum absolute atomic E-state index is 13.0. The molecule has 0 amide bonds. The predicted molar refractivity (Wildman–Crippen MR) is 372 cm³/mol. The molecule has 0 aliphatic heterocycles. The molecule has 0 fully saturated rings. The van der Waals surface area contributed by atoms with Crippen molar-refractivity contribution in [3.63, 3.8) is 0 Å². The highest BCUT2D eigenvalue weighted by atomic mass is 31.2. The number of carbonyl (C=O) groups excluding carboxylic acids is 4. The van der Waals surface area contributed by atoms with Crippen molar-refractivity contribution in [3.8, 4) is 0 Å². The molecule has 17 nitrogen and oxygen atoms in total. The van der Waals surface area contributed by atoms with Crippen LogP contribution in [0.25, 0.3) is 0 Å². The SMILES string of the molecule is CC/C=C\C/C=C\C/C=C\C/C=C\CCCCCCC(=O)OCC(COP(=O)(O)OCC(O)COP(=O)(O)OCC(COC(=O)CCCCCCC/C=C\CCCCCC)OC(=O)CCCCCCCCCCCCC)OC(=O)CCCCCCC/C=C\CCCC. The van der Waals surface area contributed by atoms with Gasteiger partial charge in [-0.2, -0.15) is 0 Å². The number of aliphatic hydroxyl groups excluding tert-OH is 1. The smallest absolute Gasteiger partial charge is 0.462 e. The van der Waals surface area contributed by atoms with Gasteiger partial charge in [0.1, 0.15) is 19.3 Å². The number of esters is 4. The fraction of sp³-hybridized carbons (Fsp3) is 0.781. The Morgan fingerprint density at radius 1 is 0.315 bits per heavy atom. The molecule has 0 aromatic carbocycles. The number of allylic oxidation sites excluding steroid dienone is 12. The summed E-state index contributed by atoms with van der Waals surface area (Å²) in [5, 5.41) is 10.6. The highest BCUT2D eigenvalue weighted by Gasteiger charge is 2.30. The van der Waals surface area contributed by atoms with Gasteiger partial charge in [-0.3, -0.25) is 37.3 Å². The van der Waals surface area contributed by atoms with Crippen LogP contribution in [-0.4, -0.2) is 96.7 Å². The van der Waals surface area contributed by atoms with Crippen molar-refractivity contribution in [1.82, 2.24) is 0 Å². The molecule has 0 aliphatic rings. The number of hydrogen-bond donors (Lipinski definition) is 3. The summed E-state index contributed by atoms with van der Waals surface area (Å²) in [6, 6.07) is 0. The van der Waals surface area contributed by atoms with Crippen LogP contribution < -0.4 is 0 Å². The summed E-state index contributed by atoms with van der Waals surface area (Å²) in [6.45, 7) is 4.66. The molecule has 3 N–H and O–H groups in total. The number of aliphatic hydroxyl groups is 1. The van der Waals surface area contributed by atoms with E-state index in [1.54, 1.807) is 0 Å². The molecular formula is C73H130O17P2. The summed E-state index contributed by atoms with van der Waals surface area (Å²) in [4.78, 5) is 72.5. The first kappa shape index (κ1) is 88.5. The number of rotatable bonds is 68. The second-order valence-electron chi connectivity index (χ2n) is 24.2. The fourth-order valence-electron chi connectivity index (χ4n) is 9.60. The van der Waals surface area contributed by atoms with Gasteiger partial charge in [0.25, 0.3) is 0 Å². The van der Waals surface area contributed by atoms with Gasteiger partial charge in [0.15, 0.2) is 12.2 Å². The topological polar surface area (TPSA) is 237 Å². The molecule has 0 aromatic heterocycles. The average molecular weight is 1340 g/mol. The van der Waals surface area contributed by atoms with Crippen LogP contribution in [-0.2, 0) is 65.4 Å². The van der Waals surface area contributed by atoms with E-state index in [1.165, 1.54) is 77.0 Å². The molecule has 0 spiro atoms. The van der Waals surface area contributed by atoms with Gasteiger partial charge < -0.3 is 33.8 Å². The molecule has 0 saturated heterocycles. The lowest BCUT2D eigenvalue weighted by Gasteiger charge is -2.21. The van der Waals surface area contributed by atoms with Crippen LogP contribution in [0.5, 0.6) is 0 Å². The van der Waals surface area contributed by atoms with E-state index >= 15 is 0 Å². The summed E-state index contributed by atoms with van der Waals surface area (Å²) < 4.78 is 68.2. The van der Waals surface area contributed by atoms with E-state index in [1.807, 2.05) is 0 Å². The second kappa shape index (κ2) is 66.1. The Morgan fingerprint density at radius 3 is 0.924 bits per heavy atom. The third-order valence-corrected chi connectivity index (χ3v) is 17.1. The van der Waals surface area contributed by atoms with E-state index in [-0.39, 0.29) is 25.7 Å². The van der Waals surface area contributed by atoms with Crippen LogP contribution in [0.2, 0.25) is 0 Å². The molecule has 0 aromatic rings. The first-order chi connectivity index (χ1) is 44.7. The van der Waals surface area contributed by atoms with Gasteiger partial charge in [0, 0.05) is 25.7 Å². The van der Waals surface area contributed by atoms with Gasteiger partial charge in [0.2, 0.25) is 0 Å². The van der Waals surface area contributed by atoms with Crippen molar-refractivity contribution < 1.29 is 80.2 Å². The predicted octanol–water partition coefficient (Wildman–Crippen LogP) is 20.1. The lowest BCUT2D eigenvalue weighted by atomic mass is 10.1. The van der Waals surface area contributed by atoms with Gasteiger partial charge in [-0.15, -0.1) is 0 Å². The fourth-order valence-corrected chi connectivity index (χ4v) is 11.2. The highest BCUT2D eigenvalue weighted by molar-refractivity contribution is 7.47. The molecule has 0 saturated carbocycles. The zero-order valence-electron chi connectivity index (χ0n) is 58.0. The van der Waals surface area contributed by atoms with Gasteiger partial charge in [-0.1, -0.05) is 248 Å². The van der Waals surface area contributed by atoms with E-state index < -0.39 is 97.5 Å². The average Bonchev–Trinajstić information content (AvgIpc) is 2.31. The lowest BCUT2D eigenvalue weighted by Crippen LogP contribution is -2.30. The van der Waals surface area contributed by atoms with Crippen LogP contribution in [0.4, 0.5) is 0 Å².